The third kappa shape index (κ3) is 2.44. The van der Waals surface area contributed by atoms with E-state index in [0.717, 1.165) is 16.1 Å². The highest BCUT2D eigenvalue weighted by Crippen LogP contribution is 2.23. The molecule has 0 saturated carbocycles. The van der Waals surface area contributed by atoms with E-state index >= 15 is 0 Å². The molecule has 0 fully saturated rings. The van der Waals surface area contributed by atoms with Crippen LogP contribution in [0.15, 0.2) is 40.9 Å². The van der Waals surface area contributed by atoms with E-state index in [1.807, 2.05) is 0 Å². The lowest BCUT2D eigenvalue weighted by Gasteiger charge is -2.14. The van der Waals surface area contributed by atoms with Crippen molar-refractivity contribution in [3.63, 3.8) is 0 Å². The highest BCUT2D eigenvalue weighted by molar-refractivity contribution is 9.10. The van der Waals surface area contributed by atoms with Crippen molar-refractivity contribution in [2.75, 3.05) is 0 Å². The molecular formula is C17H18BrN3. The second kappa shape index (κ2) is 5.19. The van der Waals surface area contributed by atoms with Crippen LogP contribution >= 0.6 is 15.9 Å². The Labute approximate surface area is 133 Å². The molecule has 0 bridgehead atoms. The molecule has 3 aromatic rings. The Bertz CT molecular complexity index is 708. The number of aryl methyl sites for hydroxylation is 4. The molecule has 0 amide bonds. The number of pyridine rings is 1. The number of hydrogen-bond donors (Lipinski definition) is 0. The first-order valence-corrected chi connectivity index (χ1v) is 7.75. The maximum Gasteiger partial charge on any atom is 0.140 e. The molecule has 4 heteroatoms. The molecule has 0 aliphatic rings. The van der Waals surface area contributed by atoms with Crippen LogP contribution in [-0.2, 0) is 0 Å². The Morgan fingerprint density at radius 1 is 0.714 bits per heavy atom. The maximum absolute atomic E-state index is 4.86. The number of halogens is 1. The van der Waals surface area contributed by atoms with Crippen molar-refractivity contribution in [3.8, 4) is 11.6 Å². The smallest absolute Gasteiger partial charge is 0.140 e. The van der Waals surface area contributed by atoms with Crippen molar-refractivity contribution >= 4 is 15.9 Å². The number of nitrogens with zero attached hydrogens (tertiary/aromatic N) is 3. The first-order chi connectivity index (χ1) is 9.97. The average Bonchev–Trinajstić information content (AvgIpc) is 2.92. The summed E-state index contributed by atoms with van der Waals surface area (Å²) in [7, 11) is 0. The van der Waals surface area contributed by atoms with Crippen molar-refractivity contribution in [1.82, 2.24) is 14.1 Å². The van der Waals surface area contributed by atoms with Gasteiger partial charge in [-0.25, -0.2) is 4.98 Å². The molecule has 0 aromatic carbocycles. The van der Waals surface area contributed by atoms with Crippen LogP contribution < -0.4 is 0 Å². The van der Waals surface area contributed by atoms with Gasteiger partial charge in [0, 0.05) is 27.2 Å². The Morgan fingerprint density at radius 3 is 1.38 bits per heavy atom. The van der Waals surface area contributed by atoms with Gasteiger partial charge in [-0.15, -0.1) is 0 Å². The Balaban J connectivity index is 2.23. The van der Waals surface area contributed by atoms with Gasteiger partial charge >= 0.3 is 0 Å². The van der Waals surface area contributed by atoms with Crippen LogP contribution in [0.1, 0.15) is 22.8 Å². The van der Waals surface area contributed by atoms with E-state index in [4.69, 9.17) is 4.98 Å². The van der Waals surface area contributed by atoms with Crippen molar-refractivity contribution in [2.24, 2.45) is 0 Å². The predicted octanol–water partition coefficient (Wildman–Crippen LogP) is 4.66. The lowest BCUT2D eigenvalue weighted by Crippen LogP contribution is -2.07. The molecule has 3 heterocycles. The summed E-state index contributed by atoms with van der Waals surface area (Å²) in [5.74, 6) is 1.87. The average molecular weight is 344 g/mol. The lowest BCUT2D eigenvalue weighted by atomic mass is 10.4. The molecule has 0 spiro atoms. The van der Waals surface area contributed by atoms with Gasteiger partial charge < -0.3 is 9.13 Å². The standard InChI is InChI=1S/C17H18BrN3/c1-11-5-6-12(2)20(11)16-9-15(18)10-17(19-16)21-13(3)7-8-14(21)4/h5-10H,1-4H3. The molecule has 3 nitrogen and oxygen atoms in total. The highest BCUT2D eigenvalue weighted by atomic mass is 79.9. The molecule has 3 rings (SSSR count). The number of rotatable bonds is 2. The van der Waals surface area contributed by atoms with Gasteiger partial charge in [-0.2, -0.15) is 0 Å². The van der Waals surface area contributed by atoms with Crippen molar-refractivity contribution in [2.45, 2.75) is 27.7 Å². The molecule has 3 aromatic heterocycles. The van der Waals surface area contributed by atoms with Gasteiger partial charge in [0.05, 0.1) is 0 Å². The largest absolute Gasteiger partial charge is 0.303 e. The van der Waals surface area contributed by atoms with E-state index < -0.39 is 0 Å². The molecule has 108 valence electrons. The topological polar surface area (TPSA) is 22.8 Å². The van der Waals surface area contributed by atoms with Gasteiger partial charge in [-0.05, 0) is 64.1 Å². The van der Waals surface area contributed by atoms with Gasteiger partial charge in [0.25, 0.3) is 0 Å². The second-order valence-electron chi connectivity index (χ2n) is 5.40. The molecule has 21 heavy (non-hydrogen) atoms. The van der Waals surface area contributed by atoms with Crippen LogP contribution in [0, 0.1) is 27.7 Å². The molecule has 0 saturated heterocycles. The minimum atomic E-state index is 0.937. The molecule has 0 atom stereocenters. The summed E-state index contributed by atoms with van der Waals surface area (Å²) in [5.41, 5.74) is 4.74. The van der Waals surface area contributed by atoms with Crippen LogP contribution in [0.2, 0.25) is 0 Å². The molecule has 0 aliphatic carbocycles. The van der Waals surface area contributed by atoms with Gasteiger partial charge in [-0.1, -0.05) is 15.9 Å². The molecule has 0 unspecified atom stereocenters. The quantitative estimate of drug-likeness (QED) is 0.663. The fourth-order valence-corrected chi connectivity index (χ4v) is 3.17. The molecular weight excluding hydrogens is 326 g/mol. The summed E-state index contributed by atoms with van der Waals surface area (Å²) in [6.45, 7) is 8.39. The zero-order valence-corrected chi connectivity index (χ0v) is 14.3. The van der Waals surface area contributed by atoms with Crippen molar-refractivity contribution < 1.29 is 0 Å². The lowest BCUT2D eigenvalue weighted by molar-refractivity contribution is 0.871. The number of aromatic nitrogens is 3. The van der Waals surface area contributed by atoms with Crippen molar-refractivity contribution in [1.29, 1.82) is 0 Å². The molecule has 0 radical (unpaired) electrons. The van der Waals surface area contributed by atoms with Crippen LogP contribution in [0.25, 0.3) is 11.6 Å². The Hall–Kier alpha value is -1.81. The molecule has 0 N–H and O–H groups in total. The summed E-state index contributed by atoms with van der Waals surface area (Å²) in [4.78, 5) is 4.86. The highest BCUT2D eigenvalue weighted by Gasteiger charge is 2.11. The van der Waals surface area contributed by atoms with Crippen LogP contribution in [-0.4, -0.2) is 14.1 Å². The monoisotopic (exact) mass is 343 g/mol. The minimum Gasteiger partial charge on any atom is -0.303 e. The van der Waals surface area contributed by atoms with E-state index in [0.29, 0.717) is 0 Å². The van der Waals surface area contributed by atoms with E-state index in [9.17, 15) is 0 Å². The fourth-order valence-electron chi connectivity index (χ4n) is 2.76. The van der Waals surface area contributed by atoms with E-state index in [2.05, 4.69) is 89.2 Å². The van der Waals surface area contributed by atoms with E-state index in [-0.39, 0.29) is 0 Å². The Kier molecular flexibility index (Phi) is 3.49. The third-order valence-corrected chi connectivity index (χ3v) is 4.22. The predicted molar refractivity (Wildman–Crippen MR) is 89.5 cm³/mol. The Morgan fingerprint density at radius 2 is 1.05 bits per heavy atom. The normalized spacial score (nSPS) is 11.1. The maximum atomic E-state index is 4.86. The van der Waals surface area contributed by atoms with Gasteiger partial charge in [0.15, 0.2) is 0 Å². The second-order valence-corrected chi connectivity index (χ2v) is 6.32. The van der Waals surface area contributed by atoms with Gasteiger partial charge in [0.1, 0.15) is 11.6 Å². The molecule has 0 aliphatic heterocycles. The summed E-state index contributed by atoms with van der Waals surface area (Å²) in [6, 6.07) is 12.6. The summed E-state index contributed by atoms with van der Waals surface area (Å²) < 4.78 is 5.37. The SMILES string of the molecule is Cc1ccc(C)n1-c1cc(Br)cc(-n2c(C)ccc2C)n1. The minimum absolute atomic E-state index is 0.937. The third-order valence-electron chi connectivity index (χ3n) is 3.76. The number of hydrogen-bond acceptors (Lipinski definition) is 1. The zero-order valence-electron chi connectivity index (χ0n) is 12.7. The summed E-state index contributed by atoms with van der Waals surface area (Å²) in [5, 5.41) is 0. The summed E-state index contributed by atoms with van der Waals surface area (Å²) >= 11 is 3.62. The van der Waals surface area contributed by atoms with Crippen LogP contribution in [0.5, 0.6) is 0 Å². The first kappa shape index (κ1) is 14.1. The first-order valence-electron chi connectivity index (χ1n) is 6.95. The van der Waals surface area contributed by atoms with Gasteiger partial charge in [0.2, 0.25) is 0 Å². The van der Waals surface area contributed by atoms with E-state index in [1.165, 1.54) is 22.8 Å². The van der Waals surface area contributed by atoms with Crippen LogP contribution in [0.3, 0.4) is 0 Å². The van der Waals surface area contributed by atoms with Crippen molar-refractivity contribution in [3.05, 3.63) is 63.6 Å². The summed E-state index contributed by atoms with van der Waals surface area (Å²) in [6.07, 6.45) is 0. The van der Waals surface area contributed by atoms with E-state index in [1.54, 1.807) is 0 Å². The van der Waals surface area contributed by atoms with Gasteiger partial charge in [-0.3, -0.25) is 0 Å². The fraction of sp³-hybridized carbons (Fsp3) is 0.235. The van der Waals surface area contributed by atoms with Crippen LogP contribution in [0.4, 0.5) is 0 Å². The zero-order chi connectivity index (χ0) is 15.1.